The van der Waals surface area contributed by atoms with Crippen LogP contribution in [0.15, 0.2) is 66.7 Å². The van der Waals surface area contributed by atoms with Gasteiger partial charge in [-0.1, -0.05) is 54.9 Å². The van der Waals surface area contributed by atoms with E-state index < -0.39 is 23.3 Å². The lowest BCUT2D eigenvalue weighted by Gasteiger charge is -2.25. The number of rotatable bonds is 7. The number of carbonyl (C=O) groups is 4. The van der Waals surface area contributed by atoms with Crippen molar-refractivity contribution in [1.82, 2.24) is 4.98 Å². The molecule has 0 bridgehead atoms. The van der Waals surface area contributed by atoms with E-state index in [-0.39, 0.29) is 40.5 Å². The van der Waals surface area contributed by atoms with Gasteiger partial charge in [0, 0.05) is 28.1 Å². The summed E-state index contributed by atoms with van der Waals surface area (Å²) in [7, 11) is 0. The highest BCUT2D eigenvalue weighted by atomic mass is 35.5. The number of para-hydroxylation sites is 1. The molecule has 1 aliphatic heterocycles. The summed E-state index contributed by atoms with van der Waals surface area (Å²) in [6.07, 6.45) is 2.35. The van der Waals surface area contributed by atoms with Gasteiger partial charge in [-0.3, -0.25) is 29.4 Å². The zero-order valence-corrected chi connectivity index (χ0v) is 25.2. The number of nitro groups is 1. The summed E-state index contributed by atoms with van der Waals surface area (Å²) in [6, 6.07) is 17.4. The molecular formula is C34H28ClN3O7. The molecule has 0 spiro atoms. The number of esters is 1. The van der Waals surface area contributed by atoms with Crippen molar-refractivity contribution in [2.75, 3.05) is 11.5 Å². The van der Waals surface area contributed by atoms with Crippen LogP contribution in [0.5, 0.6) is 0 Å². The Bertz CT molecular complexity index is 1910. The van der Waals surface area contributed by atoms with Crippen molar-refractivity contribution in [1.29, 1.82) is 0 Å². The summed E-state index contributed by atoms with van der Waals surface area (Å²) in [5.41, 5.74) is 2.17. The van der Waals surface area contributed by atoms with E-state index in [1.165, 1.54) is 23.1 Å². The standard InChI is InChI=1S/C34H28ClN3O7/c1-18-6-13-24-25(14-18)33(41)37(32(24)40)22-11-9-20(10-12-22)28-16-26(23-4-3-5-27(35)31(23)36-28)34(42)45-17-30(39)21-8-7-19(2)29(15-21)38(43)44/h3-5,7-12,15-16,18,24-25H,6,13-14,17H2,1-2H3. The van der Waals surface area contributed by atoms with E-state index in [4.69, 9.17) is 16.3 Å². The summed E-state index contributed by atoms with van der Waals surface area (Å²) in [4.78, 5) is 69.1. The van der Waals surface area contributed by atoms with Crippen LogP contribution in [0.4, 0.5) is 11.4 Å². The minimum atomic E-state index is -0.803. The quantitative estimate of drug-likeness (QED) is 0.0724. The van der Waals surface area contributed by atoms with E-state index in [2.05, 4.69) is 11.9 Å². The fraction of sp³-hybridized carbons (Fsp3) is 0.265. The molecule has 3 unspecified atom stereocenters. The zero-order valence-electron chi connectivity index (χ0n) is 24.5. The summed E-state index contributed by atoms with van der Waals surface area (Å²) in [6.45, 7) is 3.04. The van der Waals surface area contributed by atoms with Crippen LogP contribution in [-0.2, 0) is 14.3 Å². The first kappa shape index (κ1) is 30.1. The van der Waals surface area contributed by atoms with E-state index in [0.29, 0.717) is 57.2 Å². The molecule has 6 rings (SSSR count). The predicted octanol–water partition coefficient (Wildman–Crippen LogP) is 6.74. The van der Waals surface area contributed by atoms with Crippen molar-refractivity contribution < 1.29 is 28.8 Å². The summed E-state index contributed by atoms with van der Waals surface area (Å²) in [5.74, 6) is -1.90. The smallest absolute Gasteiger partial charge is 0.339 e. The third-order valence-corrected chi connectivity index (χ3v) is 8.99. The van der Waals surface area contributed by atoms with Crippen molar-refractivity contribution in [2.24, 2.45) is 17.8 Å². The first-order valence-corrected chi connectivity index (χ1v) is 14.9. The normalized spacial score (nSPS) is 19.4. The number of carbonyl (C=O) groups excluding carboxylic acids is 4. The monoisotopic (exact) mass is 625 g/mol. The number of imide groups is 1. The van der Waals surface area contributed by atoms with Gasteiger partial charge in [0.25, 0.3) is 5.69 Å². The number of benzene rings is 3. The number of fused-ring (bicyclic) bond motifs is 2. The maximum atomic E-state index is 13.3. The Morgan fingerprint density at radius 3 is 2.49 bits per heavy atom. The molecular weight excluding hydrogens is 598 g/mol. The van der Waals surface area contributed by atoms with E-state index in [1.54, 1.807) is 49.4 Å². The minimum Gasteiger partial charge on any atom is -0.454 e. The number of hydrogen-bond acceptors (Lipinski definition) is 8. The number of ketones is 1. The van der Waals surface area contributed by atoms with Gasteiger partial charge in [-0.25, -0.2) is 9.78 Å². The van der Waals surface area contributed by atoms with Gasteiger partial charge in [0.15, 0.2) is 6.61 Å². The summed E-state index contributed by atoms with van der Waals surface area (Å²) >= 11 is 6.46. The van der Waals surface area contributed by atoms with Gasteiger partial charge in [-0.2, -0.15) is 0 Å². The third-order valence-electron chi connectivity index (χ3n) is 8.68. The molecule has 1 aliphatic carbocycles. The lowest BCUT2D eigenvalue weighted by molar-refractivity contribution is -0.385. The largest absolute Gasteiger partial charge is 0.454 e. The molecule has 2 aliphatic rings. The van der Waals surface area contributed by atoms with Crippen molar-refractivity contribution >= 4 is 57.4 Å². The van der Waals surface area contributed by atoms with Gasteiger partial charge in [-0.15, -0.1) is 0 Å². The van der Waals surface area contributed by atoms with E-state index in [1.807, 2.05) is 0 Å². The van der Waals surface area contributed by atoms with E-state index in [0.717, 1.165) is 12.5 Å². The van der Waals surface area contributed by atoms with Crippen LogP contribution >= 0.6 is 11.6 Å². The molecule has 2 heterocycles. The molecule has 1 saturated heterocycles. The second-order valence-corrected chi connectivity index (χ2v) is 12.0. The first-order valence-electron chi connectivity index (χ1n) is 14.6. The highest BCUT2D eigenvalue weighted by molar-refractivity contribution is 6.35. The fourth-order valence-corrected chi connectivity index (χ4v) is 6.44. The number of halogens is 1. The fourth-order valence-electron chi connectivity index (χ4n) is 6.23. The molecule has 2 amide bonds. The van der Waals surface area contributed by atoms with Crippen LogP contribution in [-0.4, -0.2) is 40.1 Å². The molecule has 11 heteroatoms. The predicted molar refractivity (Wildman–Crippen MR) is 167 cm³/mol. The molecule has 3 aromatic carbocycles. The average Bonchev–Trinajstić information content (AvgIpc) is 3.27. The van der Waals surface area contributed by atoms with Crippen molar-refractivity contribution in [3.8, 4) is 11.3 Å². The van der Waals surface area contributed by atoms with E-state index in [9.17, 15) is 29.3 Å². The number of nitro benzene ring substituents is 1. The van der Waals surface area contributed by atoms with Crippen molar-refractivity contribution in [3.05, 3.63) is 98.6 Å². The second-order valence-electron chi connectivity index (χ2n) is 11.6. The maximum Gasteiger partial charge on any atom is 0.339 e. The number of anilines is 1. The molecule has 0 N–H and O–H groups in total. The van der Waals surface area contributed by atoms with E-state index >= 15 is 0 Å². The number of aromatic nitrogens is 1. The third kappa shape index (κ3) is 5.57. The molecule has 1 aromatic heterocycles. The van der Waals surface area contributed by atoms with Crippen LogP contribution in [0.2, 0.25) is 5.02 Å². The van der Waals surface area contributed by atoms with Gasteiger partial charge in [-0.05, 0) is 56.4 Å². The van der Waals surface area contributed by atoms with Crippen LogP contribution in [0.3, 0.4) is 0 Å². The number of ether oxygens (including phenoxy) is 1. The van der Waals surface area contributed by atoms with Crippen molar-refractivity contribution in [2.45, 2.75) is 33.1 Å². The van der Waals surface area contributed by atoms with Gasteiger partial charge in [0.2, 0.25) is 17.6 Å². The van der Waals surface area contributed by atoms with Crippen LogP contribution < -0.4 is 4.90 Å². The molecule has 2 fully saturated rings. The van der Waals surface area contributed by atoms with Crippen LogP contribution in [0.25, 0.3) is 22.2 Å². The Morgan fingerprint density at radius 2 is 1.76 bits per heavy atom. The summed E-state index contributed by atoms with van der Waals surface area (Å²) in [5, 5.41) is 12.0. The first-order chi connectivity index (χ1) is 21.5. The summed E-state index contributed by atoms with van der Waals surface area (Å²) < 4.78 is 5.37. The Hall–Kier alpha value is -4.96. The minimum absolute atomic E-state index is 0.0484. The molecule has 1 saturated carbocycles. The molecule has 45 heavy (non-hydrogen) atoms. The average molecular weight is 626 g/mol. The van der Waals surface area contributed by atoms with Crippen LogP contribution in [0.1, 0.15) is 52.5 Å². The molecule has 4 aromatic rings. The Morgan fingerprint density at radius 1 is 1.02 bits per heavy atom. The zero-order chi connectivity index (χ0) is 32.0. The number of aryl methyl sites for hydroxylation is 1. The SMILES string of the molecule is Cc1ccc(C(=O)COC(=O)c2cc(-c3ccc(N4C(=O)C5CCC(C)CC5C4=O)cc3)nc3c(Cl)cccc23)cc1[N+](=O)[O-]. The molecule has 3 atom stereocenters. The Balaban J connectivity index is 1.27. The van der Waals surface area contributed by atoms with Gasteiger partial charge in [0.05, 0.1) is 44.2 Å². The second kappa shape index (κ2) is 11.9. The molecule has 228 valence electrons. The molecule has 10 nitrogen and oxygen atoms in total. The van der Waals surface area contributed by atoms with Gasteiger partial charge >= 0.3 is 5.97 Å². The molecule has 0 radical (unpaired) electrons. The number of hydrogen-bond donors (Lipinski definition) is 0. The number of pyridine rings is 1. The number of Topliss-reactive ketones (excluding diaryl/α,β-unsaturated/α-hetero) is 1. The van der Waals surface area contributed by atoms with Gasteiger partial charge < -0.3 is 4.74 Å². The Kier molecular flexibility index (Phi) is 7.92. The topological polar surface area (TPSA) is 137 Å². The lowest BCUT2D eigenvalue weighted by atomic mass is 9.76. The highest BCUT2D eigenvalue weighted by Gasteiger charge is 2.49. The van der Waals surface area contributed by atoms with Gasteiger partial charge in [0.1, 0.15) is 0 Å². The van der Waals surface area contributed by atoms with Crippen LogP contribution in [0, 0.1) is 34.8 Å². The Labute approximate surface area is 263 Å². The maximum absolute atomic E-state index is 13.3. The highest BCUT2D eigenvalue weighted by Crippen LogP contribution is 2.42. The number of amides is 2. The lowest BCUT2D eigenvalue weighted by Crippen LogP contribution is -2.30. The number of nitrogens with zero attached hydrogens (tertiary/aromatic N) is 3. The van der Waals surface area contributed by atoms with Crippen molar-refractivity contribution in [3.63, 3.8) is 0 Å².